The number of rotatable bonds is 13. The molecule has 0 spiro atoms. The number of fused-ring (bicyclic) bond motifs is 1. The molecule has 0 saturated heterocycles. The first kappa shape index (κ1) is 24.5. The molecule has 8 nitrogen and oxygen atoms in total. The Morgan fingerprint density at radius 2 is 1.70 bits per heavy atom. The molecule has 1 aromatic carbocycles. The van der Waals surface area contributed by atoms with Gasteiger partial charge in [-0.3, -0.25) is 19.1 Å². The highest BCUT2D eigenvalue weighted by molar-refractivity contribution is 5.76. The summed E-state index contributed by atoms with van der Waals surface area (Å²) in [6.45, 7) is 5.91. The average Bonchev–Trinajstić information content (AvgIpc) is 3.17. The van der Waals surface area contributed by atoms with Gasteiger partial charge in [-0.2, -0.15) is 0 Å². The summed E-state index contributed by atoms with van der Waals surface area (Å²) in [6, 6.07) is 10.0. The molecule has 1 amide bonds. The van der Waals surface area contributed by atoms with Gasteiger partial charge in [0, 0.05) is 32.5 Å². The van der Waals surface area contributed by atoms with Crippen molar-refractivity contribution in [2.75, 3.05) is 6.54 Å². The summed E-state index contributed by atoms with van der Waals surface area (Å²) in [6.07, 6.45) is 6.23. The van der Waals surface area contributed by atoms with E-state index in [0.29, 0.717) is 43.0 Å². The molecule has 0 aliphatic heterocycles. The molecule has 0 bridgehead atoms. The van der Waals surface area contributed by atoms with Crippen LogP contribution < -0.4 is 16.6 Å². The molecular weight excluding hydrogens is 418 g/mol. The molecule has 0 atom stereocenters. The normalized spacial score (nSPS) is 11.2. The van der Waals surface area contributed by atoms with Crippen molar-refractivity contribution in [2.24, 2.45) is 0 Å². The van der Waals surface area contributed by atoms with Crippen molar-refractivity contribution in [3.05, 3.63) is 62.6 Å². The molecule has 0 saturated carbocycles. The molecule has 0 unspecified atom stereocenters. The second-order valence-corrected chi connectivity index (χ2v) is 8.41. The molecule has 0 radical (unpaired) electrons. The molecule has 0 aliphatic carbocycles. The van der Waals surface area contributed by atoms with E-state index in [9.17, 15) is 14.4 Å². The molecule has 8 heteroatoms. The van der Waals surface area contributed by atoms with E-state index in [0.717, 1.165) is 38.5 Å². The monoisotopic (exact) mass is 453 g/mol. The van der Waals surface area contributed by atoms with Crippen molar-refractivity contribution in [3.8, 4) is 0 Å². The first-order valence-corrected chi connectivity index (χ1v) is 12.1. The molecule has 2 heterocycles. The molecular formula is C25H35N5O3. The topological polar surface area (TPSA) is 102 Å². The van der Waals surface area contributed by atoms with Crippen LogP contribution in [0.3, 0.4) is 0 Å². The number of aromatic nitrogens is 4. The lowest BCUT2D eigenvalue weighted by molar-refractivity contribution is -0.121. The first-order valence-electron chi connectivity index (χ1n) is 12.1. The van der Waals surface area contributed by atoms with Crippen LogP contribution in [0, 0.1) is 0 Å². The number of aromatic amines is 1. The van der Waals surface area contributed by atoms with E-state index >= 15 is 0 Å². The van der Waals surface area contributed by atoms with Gasteiger partial charge in [-0.15, -0.1) is 0 Å². The number of H-pyrrole nitrogens is 1. The summed E-state index contributed by atoms with van der Waals surface area (Å²) < 4.78 is 3.46. The van der Waals surface area contributed by atoms with E-state index in [1.807, 2.05) is 34.9 Å². The van der Waals surface area contributed by atoms with Gasteiger partial charge in [0.2, 0.25) is 5.91 Å². The zero-order valence-corrected chi connectivity index (χ0v) is 19.7. The van der Waals surface area contributed by atoms with Crippen LogP contribution in [-0.4, -0.2) is 31.6 Å². The largest absolute Gasteiger partial charge is 0.356 e. The minimum absolute atomic E-state index is 0.0459. The molecule has 2 N–H and O–H groups in total. The molecule has 3 aromatic rings. The average molecular weight is 454 g/mol. The summed E-state index contributed by atoms with van der Waals surface area (Å²) in [5, 5.41) is 2.97. The van der Waals surface area contributed by atoms with E-state index in [2.05, 4.69) is 24.1 Å². The molecule has 2 aromatic heterocycles. The minimum atomic E-state index is -0.427. The SMILES string of the molecule is CCCCCn1c(CCC(=O)NCCc2ccccc2)nc2c1c(=O)[nH]c(=O)n2CCCC. The number of hydrogen-bond acceptors (Lipinski definition) is 4. The van der Waals surface area contributed by atoms with E-state index in [4.69, 9.17) is 4.98 Å². The molecule has 0 aliphatic rings. The van der Waals surface area contributed by atoms with Gasteiger partial charge in [-0.1, -0.05) is 63.4 Å². The molecule has 178 valence electrons. The quantitative estimate of drug-likeness (QED) is 0.388. The number of nitrogens with zero attached hydrogens (tertiary/aromatic N) is 3. The number of imidazole rings is 1. The van der Waals surface area contributed by atoms with Crippen molar-refractivity contribution in [2.45, 2.75) is 78.3 Å². The smallest absolute Gasteiger partial charge is 0.330 e. The summed E-state index contributed by atoms with van der Waals surface area (Å²) in [5.74, 6) is 0.635. The highest BCUT2D eigenvalue weighted by Crippen LogP contribution is 2.15. The van der Waals surface area contributed by atoms with Gasteiger partial charge >= 0.3 is 5.69 Å². The van der Waals surface area contributed by atoms with Crippen molar-refractivity contribution < 1.29 is 4.79 Å². The summed E-state index contributed by atoms with van der Waals surface area (Å²) in [4.78, 5) is 44.7. The van der Waals surface area contributed by atoms with Crippen LogP contribution in [-0.2, 0) is 30.7 Å². The van der Waals surface area contributed by atoms with Crippen LogP contribution in [0.2, 0.25) is 0 Å². The van der Waals surface area contributed by atoms with Gasteiger partial charge in [-0.25, -0.2) is 9.78 Å². The third-order valence-corrected chi connectivity index (χ3v) is 5.84. The Morgan fingerprint density at radius 1 is 0.970 bits per heavy atom. The van der Waals surface area contributed by atoms with Gasteiger partial charge in [0.05, 0.1) is 0 Å². The van der Waals surface area contributed by atoms with Crippen LogP contribution in [0.4, 0.5) is 0 Å². The molecule has 33 heavy (non-hydrogen) atoms. The number of aryl methyl sites for hydroxylation is 3. The zero-order chi connectivity index (χ0) is 23.6. The lowest BCUT2D eigenvalue weighted by atomic mass is 10.1. The minimum Gasteiger partial charge on any atom is -0.356 e. The van der Waals surface area contributed by atoms with Crippen LogP contribution in [0.15, 0.2) is 39.9 Å². The number of nitrogens with one attached hydrogen (secondary N) is 2. The van der Waals surface area contributed by atoms with E-state index in [1.54, 1.807) is 4.57 Å². The number of amides is 1. The number of carbonyl (C=O) groups excluding carboxylic acids is 1. The first-order chi connectivity index (χ1) is 16.0. The third-order valence-electron chi connectivity index (χ3n) is 5.84. The summed E-state index contributed by atoms with van der Waals surface area (Å²) >= 11 is 0. The van der Waals surface area contributed by atoms with Crippen LogP contribution in [0.25, 0.3) is 11.2 Å². The van der Waals surface area contributed by atoms with Gasteiger partial charge in [-0.05, 0) is 24.8 Å². The Morgan fingerprint density at radius 3 is 2.42 bits per heavy atom. The standard InChI is InChI=1S/C25H35N5O3/c1-3-5-10-18-29-20(13-14-21(31)26-16-15-19-11-8-7-9-12-19)27-23-22(29)24(32)28-25(33)30(23)17-6-4-2/h7-9,11-12H,3-6,10,13-18H2,1-2H3,(H,26,31)(H,28,32,33). The number of unbranched alkanes of at least 4 members (excludes halogenated alkanes) is 3. The maximum atomic E-state index is 12.7. The fraction of sp³-hybridized carbons (Fsp3) is 0.520. The van der Waals surface area contributed by atoms with Gasteiger partial charge in [0.25, 0.3) is 5.56 Å². The Labute approximate surface area is 194 Å². The number of carbonyl (C=O) groups is 1. The second kappa shape index (κ2) is 12.2. The van der Waals surface area contributed by atoms with E-state index in [-0.39, 0.29) is 12.3 Å². The lowest BCUT2D eigenvalue weighted by Crippen LogP contribution is -2.31. The lowest BCUT2D eigenvalue weighted by Gasteiger charge is -2.09. The fourth-order valence-electron chi connectivity index (χ4n) is 4.00. The van der Waals surface area contributed by atoms with Crippen LogP contribution in [0.5, 0.6) is 0 Å². The summed E-state index contributed by atoms with van der Waals surface area (Å²) in [7, 11) is 0. The Balaban J connectivity index is 1.77. The van der Waals surface area contributed by atoms with E-state index < -0.39 is 11.2 Å². The molecule has 3 rings (SSSR count). The maximum absolute atomic E-state index is 12.7. The van der Waals surface area contributed by atoms with E-state index in [1.165, 1.54) is 5.56 Å². The van der Waals surface area contributed by atoms with Gasteiger partial charge < -0.3 is 9.88 Å². The zero-order valence-electron chi connectivity index (χ0n) is 19.7. The number of hydrogen-bond donors (Lipinski definition) is 2. The second-order valence-electron chi connectivity index (χ2n) is 8.41. The highest BCUT2D eigenvalue weighted by Gasteiger charge is 2.19. The van der Waals surface area contributed by atoms with Crippen molar-refractivity contribution in [1.29, 1.82) is 0 Å². The Kier molecular flexibility index (Phi) is 9.04. The molecule has 0 fully saturated rings. The highest BCUT2D eigenvalue weighted by atomic mass is 16.2. The predicted octanol–water partition coefficient (Wildman–Crippen LogP) is 3.17. The Bertz CT molecular complexity index is 1160. The third kappa shape index (κ3) is 6.43. The maximum Gasteiger partial charge on any atom is 0.330 e. The number of benzene rings is 1. The van der Waals surface area contributed by atoms with Crippen molar-refractivity contribution in [3.63, 3.8) is 0 Å². The predicted molar refractivity (Wildman–Crippen MR) is 131 cm³/mol. The Hall–Kier alpha value is -3.16. The van der Waals surface area contributed by atoms with Crippen LogP contribution in [0.1, 0.15) is 63.8 Å². The van der Waals surface area contributed by atoms with Crippen molar-refractivity contribution >= 4 is 17.1 Å². The summed E-state index contributed by atoms with van der Waals surface area (Å²) in [5.41, 5.74) is 1.20. The van der Waals surface area contributed by atoms with Gasteiger partial charge in [0.1, 0.15) is 5.82 Å². The van der Waals surface area contributed by atoms with Gasteiger partial charge in [0.15, 0.2) is 11.2 Å². The fourth-order valence-corrected chi connectivity index (χ4v) is 4.00. The van der Waals surface area contributed by atoms with Crippen molar-refractivity contribution in [1.82, 2.24) is 24.4 Å². The van der Waals surface area contributed by atoms with Crippen LogP contribution >= 0.6 is 0 Å².